The minimum atomic E-state index is 0.482. The maximum atomic E-state index is 4.41. The Morgan fingerprint density at radius 3 is 2.89 bits per heavy atom. The first-order valence-corrected chi connectivity index (χ1v) is 8.76. The third kappa shape index (κ3) is 2.70. The summed E-state index contributed by atoms with van der Waals surface area (Å²) < 4.78 is 2.89. The predicted molar refractivity (Wildman–Crippen MR) is 81.5 cm³/mol. The Kier molecular flexibility index (Phi) is 3.90. The van der Waals surface area contributed by atoms with Crippen molar-refractivity contribution >= 4 is 11.8 Å². The van der Waals surface area contributed by atoms with Crippen molar-refractivity contribution < 1.29 is 0 Å². The average molecular weight is 279 g/mol. The number of hydrogen-bond acceptors (Lipinski definition) is 3. The summed E-state index contributed by atoms with van der Waals surface area (Å²) in [4.78, 5) is 4.41. The molecule has 1 aliphatic heterocycles. The molecule has 1 aromatic heterocycles. The van der Waals surface area contributed by atoms with Gasteiger partial charge in [0.2, 0.25) is 0 Å². The number of nitrogens with one attached hydrogen (secondary N) is 1. The summed E-state index contributed by atoms with van der Waals surface area (Å²) in [6.45, 7) is 3.43. The molecular formula is C15H25N3S. The summed E-state index contributed by atoms with van der Waals surface area (Å²) in [6.07, 6.45) is 14.4. The number of thioether (sulfide) groups is 1. The summed E-state index contributed by atoms with van der Waals surface area (Å²) in [5, 5.41) is 3.73. The van der Waals surface area contributed by atoms with Crippen LogP contribution in [0.15, 0.2) is 12.5 Å². The quantitative estimate of drug-likeness (QED) is 0.916. The molecule has 0 bridgehead atoms. The van der Waals surface area contributed by atoms with E-state index in [1.807, 2.05) is 18.1 Å². The van der Waals surface area contributed by atoms with Gasteiger partial charge in [0.15, 0.2) is 0 Å². The highest BCUT2D eigenvalue weighted by atomic mass is 32.2. The molecule has 106 valence electrons. The van der Waals surface area contributed by atoms with Gasteiger partial charge in [-0.2, -0.15) is 11.8 Å². The SMILES string of the molecule is CSC1(Cn2cncc2C2CCCC(C)N2)CCC1. The van der Waals surface area contributed by atoms with Crippen LogP contribution in [0.1, 0.15) is 57.2 Å². The summed E-state index contributed by atoms with van der Waals surface area (Å²) in [5.74, 6) is 0. The van der Waals surface area contributed by atoms with Crippen LogP contribution in [0.3, 0.4) is 0 Å². The lowest BCUT2D eigenvalue weighted by Gasteiger charge is -2.41. The second-order valence-corrected chi connectivity index (χ2v) is 7.51. The number of hydrogen-bond donors (Lipinski definition) is 1. The molecule has 0 radical (unpaired) electrons. The van der Waals surface area contributed by atoms with E-state index in [2.05, 4.69) is 34.2 Å². The molecule has 2 aliphatic rings. The predicted octanol–water partition coefficient (Wildman–Crippen LogP) is 3.37. The molecule has 1 aliphatic carbocycles. The van der Waals surface area contributed by atoms with Gasteiger partial charge in [0.25, 0.3) is 0 Å². The van der Waals surface area contributed by atoms with Crippen molar-refractivity contribution in [2.45, 2.75) is 68.8 Å². The van der Waals surface area contributed by atoms with Crippen molar-refractivity contribution in [2.75, 3.05) is 6.26 Å². The van der Waals surface area contributed by atoms with Gasteiger partial charge >= 0.3 is 0 Å². The van der Waals surface area contributed by atoms with Crippen LogP contribution in [0.5, 0.6) is 0 Å². The van der Waals surface area contributed by atoms with E-state index < -0.39 is 0 Å². The molecule has 0 aromatic carbocycles. The fraction of sp³-hybridized carbons (Fsp3) is 0.800. The van der Waals surface area contributed by atoms with Crippen LogP contribution < -0.4 is 5.32 Å². The van der Waals surface area contributed by atoms with Crippen LogP contribution in [0.2, 0.25) is 0 Å². The molecule has 2 atom stereocenters. The lowest BCUT2D eigenvalue weighted by atomic mass is 9.84. The molecule has 4 heteroatoms. The minimum Gasteiger partial charge on any atom is -0.332 e. The van der Waals surface area contributed by atoms with E-state index in [0.29, 0.717) is 16.8 Å². The molecule has 2 unspecified atom stereocenters. The number of imidazole rings is 1. The molecule has 0 amide bonds. The average Bonchev–Trinajstić information content (AvgIpc) is 2.82. The molecule has 1 saturated heterocycles. The van der Waals surface area contributed by atoms with E-state index in [1.54, 1.807) is 0 Å². The molecule has 3 rings (SSSR count). The first-order valence-electron chi connectivity index (χ1n) is 7.54. The first kappa shape index (κ1) is 13.5. The van der Waals surface area contributed by atoms with Crippen molar-refractivity contribution in [2.24, 2.45) is 0 Å². The fourth-order valence-corrected chi connectivity index (χ4v) is 4.40. The lowest BCUT2D eigenvalue weighted by Crippen LogP contribution is -2.40. The normalized spacial score (nSPS) is 30.0. The largest absolute Gasteiger partial charge is 0.332 e. The van der Waals surface area contributed by atoms with Crippen LogP contribution in [-0.2, 0) is 6.54 Å². The summed E-state index contributed by atoms with van der Waals surface area (Å²) in [6, 6.07) is 1.14. The highest BCUT2D eigenvalue weighted by molar-refractivity contribution is 8.00. The Labute approximate surface area is 120 Å². The minimum absolute atomic E-state index is 0.482. The molecule has 1 saturated carbocycles. The van der Waals surface area contributed by atoms with Crippen LogP contribution in [-0.4, -0.2) is 26.6 Å². The Hall–Kier alpha value is -0.480. The summed E-state index contributed by atoms with van der Waals surface area (Å²) in [7, 11) is 0. The van der Waals surface area contributed by atoms with Gasteiger partial charge in [-0.3, -0.25) is 0 Å². The first-order chi connectivity index (χ1) is 9.22. The van der Waals surface area contributed by atoms with Gasteiger partial charge < -0.3 is 9.88 Å². The third-order valence-corrected chi connectivity index (χ3v) is 6.28. The van der Waals surface area contributed by atoms with Crippen molar-refractivity contribution in [1.82, 2.24) is 14.9 Å². The summed E-state index contributed by atoms with van der Waals surface area (Å²) >= 11 is 2.04. The highest BCUT2D eigenvalue weighted by Gasteiger charge is 2.37. The van der Waals surface area contributed by atoms with Gasteiger partial charge in [-0.1, -0.05) is 6.42 Å². The standard InChI is InChI=1S/C15H25N3S/c1-12-5-3-6-13(17-12)14-9-16-11-18(14)10-15(19-2)7-4-8-15/h9,11-13,17H,3-8,10H2,1-2H3. The van der Waals surface area contributed by atoms with Crippen LogP contribution in [0, 0.1) is 0 Å². The van der Waals surface area contributed by atoms with Crippen LogP contribution >= 0.6 is 11.8 Å². The fourth-order valence-electron chi connectivity index (χ4n) is 3.43. The van der Waals surface area contributed by atoms with E-state index in [4.69, 9.17) is 0 Å². The maximum absolute atomic E-state index is 4.41. The second-order valence-electron chi connectivity index (χ2n) is 6.24. The number of nitrogens with zero attached hydrogens (tertiary/aromatic N) is 2. The molecular weight excluding hydrogens is 254 g/mol. The zero-order valence-electron chi connectivity index (χ0n) is 12.1. The summed E-state index contributed by atoms with van der Waals surface area (Å²) in [5.41, 5.74) is 1.40. The molecule has 2 heterocycles. The van der Waals surface area contributed by atoms with Gasteiger partial charge in [-0.05, 0) is 45.3 Å². The van der Waals surface area contributed by atoms with E-state index in [1.165, 1.54) is 44.2 Å². The van der Waals surface area contributed by atoms with Gasteiger partial charge in [-0.25, -0.2) is 4.98 Å². The molecule has 1 aromatic rings. The van der Waals surface area contributed by atoms with E-state index in [9.17, 15) is 0 Å². The maximum Gasteiger partial charge on any atom is 0.0949 e. The molecule has 0 spiro atoms. The smallest absolute Gasteiger partial charge is 0.0949 e. The Morgan fingerprint density at radius 1 is 1.42 bits per heavy atom. The van der Waals surface area contributed by atoms with Crippen molar-refractivity contribution in [3.63, 3.8) is 0 Å². The lowest BCUT2D eigenvalue weighted by molar-refractivity contribution is 0.297. The van der Waals surface area contributed by atoms with Crippen LogP contribution in [0.25, 0.3) is 0 Å². The highest BCUT2D eigenvalue weighted by Crippen LogP contribution is 2.44. The van der Waals surface area contributed by atoms with Gasteiger partial charge in [-0.15, -0.1) is 0 Å². The Morgan fingerprint density at radius 2 is 2.26 bits per heavy atom. The van der Waals surface area contributed by atoms with E-state index >= 15 is 0 Å². The van der Waals surface area contributed by atoms with Gasteiger partial charge in [0.05, 0.1) is 12.0 Å². The van der Waals surface area contributed by atoms with E-state index in [-0.39, 0.29) is 0 Å². The molecule has 2 fully saturated rings. The second kappa shape index (κ2) is 5.49. The van der Waals surface area contributed by atoms with Crippen molar-refractivity contribution in [1.29, 1.82) is 0 Å². The molecule has 1 N–H and O–H groups in total. The third-order valence-electron chi connectivity index (χ3n) is 4.87. The number of piperidine rings is 1. The van der Waals surface area contributed by atoms with Crippen molar-refractivity contribution in [3.05, 3.63) is 18.2 Å². The zero-order valence-corrected chi connectivity index (χ0v) is 12.9. The zero-order chi connectivity index (χ0) is 13.3. The monoisotopic (exact) mass is 279 g/mol. The number of rotatable bonds is 4. The Balaban J connectivity index is 1.74. The van der Waals surface area contributed by atoms with E-state index in [0.717, 1.165) is 6.54 Å². The van der Waals surface area contributed by atoms with Crippen molar-refractivity contribution in [3.8, 4) is 0 Å². The molecule has 19 heavy (non-hydrogen) atoms. The van der Waals surface area contributed by atoms with Gasteiger partial charge in [0.1, 0.15) is 0 Å². The van der Waals surface area contributed by atoms with Crippen LogP contribution in [0.4, 0.5) is 0 Å². The Bertz CT molecular complexity index is 419. The van der Waals surface area contributed by atoms with Gasteiger partial charge in [0, 0.05) is 29.6 Å². The molecule has 3 nitrogen and oxygen atoms in total. The topological polar surface area (TPSA) is 29.9 Å². The number of aromatic nitrogens is 2.